The van der Waals surface area contributed by atoms with Crippen LogP contribution in [0.4, 0.5) is 0 Å². The fraction of sp³-hybridized carbons (Fsp3) is 0.524. The Labute approximate surface area is 168 Å². The zero-order valence-electron chi connectivity index (χ0n) is 16.3. The molecule has 8 heteroatoms. The van der Waals surface area contributed by atoms with Crippen LogP contribution in [-0.2, 0) is 11.2 Å². The molecular weight excluding hydrogens is 370 g/mol. The highest BCUT2D eigenvalue weighted by Gasteiger charge is 2.29. The number of fused-ring (bicyclic) bond motifs is 1. The molecule has 2 aliphatic heterocycles. The minimum absolute atomic E-state index is 0.0134. The van der Waals surface area contributed by atoms with Gasteiger partial charge in [-0.05, 0) is 37.7 Å². The van der Waals surface area contributed by atoms with Crippen LogP contribution in [0.2, 0.25) is 0 Å². The van der Waals surface area contributed by atoms with Gasteiger partial charge in [-0.15, -0.1) is 0 Å². The van der Waals surface area contributed by atoms with E-state index >= 15 is 0 Å². The Morgan fingerprint density at radius 1 is 1.21 bits per heavy atom. The van der Waals surface area contributed by atoms with Crippen LogP contribution in [0.5, 0.6) is 0 Å². The monoisotopic (exact) mass is 395 g/mol. The van der Waals surface area contributed by atoms with Crippen LogP contribution < -0.4 is 0 Å². The Kier molecular flexibility index (Phi) is 5.01. The molecule has 3 aromatic rings. The van der Waals surface area contributed by atoms with Crippen molar-refractivity contribution in [3.05, 3.63) is 41.7 Å². The number of aromatic amines is 1. The number of amides is 1. The molecular formula is C21H25N5O3. The van der Waals surface area contributed by atoms with E-state index in [0.29, 0.717) is 36.4 Å². The second kappa shape index (κ2) is 7.94. The topological polar surface area (TPSA) is 97.1 Å². The van der Waals surface area contributed by atoms with Crippen molar-refractivity contribution in [3.8, 4) is 0 Å². The van der Waals surface area contributed by atoms with E-state index in [1.54, 1.807) is 0 Å². The number of carbonyl (C=O) groups excluding carboxylic acids is 1. The van der Waals surface area contributed by atoms with Crippen molar-refractivity contribution in [2.45, 2.75) is 38.0 Å². The number of aromatic nitrogens is 4. The maximum atomic E-state index is 13.1. The minimum atomic E-state index is -0.0134. The van der Waals surface area contributed by atoms with Crippen LogP contribution in [0.1, 0.15) is 53.8 Å². The molecule has 2 fully saturated rings. The summed E-state index contributed by atoms with van der Waals surface area (Å²) in [5, 5.41) is 12.3. The summed E-state index contributed by atoms with van der Waals surface area (Å²) in [6, 6.07) is 7.73. The molecule has 2 aliphatic rings. The third kappa shape index (κ3) is 3.76. The van der Waals surface area contributed by atoms with E-state index in [1.807, 2.05) is 29.2 Å². The van der Waals surface area contributed by atoms with Gasteiger partial charge in [-0.2, -0.15) is 10.1 Å². The first-order valence-corrected chi connectivity index (χ1v) is 10.4. The summed E-state index contributed by atoms with van der Waals surface area (Å²) in [6.45, 7) is 2.97. The number of nitrogens with one attached hydrogen (secondary N) is 1. The van der Waals surface area contributed by atoms with E-state index in [-0.39, 0.29) is 5.91 Å². The van der Waals surface area contributed by atoms with Crippen molar-refractivity contribution >= 4 is 16.8 Å². The number of hydrogen-bond acceptors (Lipinski definition) is 6. The number of rotatable bonds is 4. The molecule has 0 radical (unpaired) electrons. The Morgan fingerprint density at radius 3 is 2.97 bits per heavy atom. The van der Waals surface area contributed by atoms with Crippen molar-refractivity contribution in [3.63, 3.8) is 0 Å². The van der Waals surface area contributed by atoms with E-state index in [1.165, 1.54) is 0 Å². The Hall–Kier alpha value is -2.74. The summed E-state index contributed by atoms with van der Waals surface area (Å²) in [5.41, 5.74) is 1.39. The lowest BCUT2D eigenvalue weighted by atomic mass is 9.94. The number of nitrogens with zero attached hydrogens (tertiary/aromatic N) is 4. The van der Waals surface area contributed by atoms with Crippen molar-refractivity contribution in [1.82, 2.24) is 25.2 Å². The third-order valence-corrected chi connectivity index (χ3v) is 6.01. The van der Waals surface area contributed by atoms with Gasteiger partial charge in [0.25, 0.3) is 5.91 Å². The largest absolute Gasteiger partial charge is 0.381 e. The van der Waals surface area contributed by atoms with Gasteiger partial charge in [0.15, 0.2) is 11.5 Å². The van der Waals surface area contributed by atoms with Crippen molar-refractivity contribution in [2.75, 3.05) is 26.3 Å². The van der Waals surface area contributed by atoms with Gasteiger partial charge in [0.1, 0.15) is 0 Å². The molecule has 1 amide bonds. The molecule has 2 saturated heterocycles. The smallest absolute Gasteiger partial charge is 0.275 e. The molecule has 0 aliphatic carbocycles. The second-order valence-corrected chi connectivity index (χ2v) is 8.01. The average Bonchev–Trinajstić information content (AvgIpc) is 3.41. The van der Waals surface area contributed by atoms with Gasteiger partial charge in [-0.3, -0.25) is 9.89 Å². The van der Waals surface area contributed by atoms with E-state index in [0.717, 1.165) is 62.2 Å². The first-order valence-electron chi connectivity index (χ1n) is 10.4. The first kappa shape index (κ1) is 18.3. The van der Waals surface area contributed by atoms with Gasteiger partial charge < -0.3 is 14.2 Å². The van der Waals surface area contributed by atoms with E-state index in [9.17, 15) is 4.79 Å². The molecule has 1 unspecified atom stereocenters. The lowest BCUT2D eigenvalue weighted by Gasteiger charge is -2.31. The summed E-state index contributed by atoms with van der Waals surface area (Å²) < 4.78 is 10.9. The molecule has 1 aromatic carbocycles. The normalized spacial score (nSPS) is 21.0. The fourth-order valence-electron chi connectivity index (χ4n) is 4.41. The highest BCUT2D eigenvalue weighted by atomic mass is 16.5. The molecule has 0 spiro atoms. The highest BCUT2D eigenvalue weighted by molar-refractivity contribution is 6.04. The number of benzene rings is 1. The first-order chi connectivity index (χ1) is 14.3. The van der Waals surface area contributed by atoms with Gasteiger partial charge in [0, 0.05) is 44.0 Å². The van der Waals surface area contributed by atoms with Crippen molar-refractivity contribution in [1.29, 1.82) is 0 Å². The Morgan fingerprint density at radius 2 is 2.07 bits per heavy atom. The number of para-hydroxylation sites is 1. The zero-order chi connectivity index (χ0) is 19.6. The van der Waals surface area contributed by atoms with Gasteiger partial charge >= 0.3 is 0 Å². The van der Waals surface area contributed by atoms with Crippen LogP contribution in [0, 0.1) is 5.92 Å². The summed E-state index contributed by atoms with van der Waals surface area (Å²) in [6.07, 6.45) is 4.63. The van der Waals surface area contributed by atoms with Crippen LogP contribution in [0.3, 0.4) is 0 Å². The minimum Gasteiger partial charge on any atom is -0.381 e. The standard InChI is InChI=1S/C21H25N5O3/c27-21(19-16-5-1-2-6-17(16)23-24-19)26-9-3-4-14(13-26)12-18-22-20(25-29-18)15-7-10-28-11-8-15/h1-2,5-6,14-15H,3-4,7-13H2,(H,23,24). The number of H-pyrrole nitrogens is 1. The van der Waals surface area contributed by atoms with Gasteiger partial charge in [0.2, 0.25) is 5.89 Å². The van der Waals surface area contributed by atoms with Crippen molar-refractivity contribution in [2.24, 2.45) is 5.92 Å². The summed E-state index contributed by atoms with van der Waals surface area (Å²) in [7, 11) is 0. The number of carbonyl (C=O) groups is 1. The molecule has 29 heavy (non-hydrogen) atoms. The van der Waals surface area contributed by atoms with Gasteiger partial charge in [0.05, 0.1) is 5.52 Å². The second-order valence-electron chi connectivity index (χ2n) is 8.01. The fourth-order valence-corrected chi connectivity index (χ4v) is 4.41. The van der Waals surface area contributed by atoms with Crippen LogP contribution >= 0.6 is 0 Å². The number of piperidine rings is 1. The molecule has 4 heterocycles. The number of likely N-dealkylation sites (tertiary alicyclic amines) is 1. The van der Waals surface area contributed by atoms with Crippen molar-refractivity contribution < 1.29 is 14.1 Å². The Bertz CT molecular complexity index is 991. The highest BCUT2D eigenvalue weighted by Crippen LogP contribution is 2.27. The maximum absolute atomic E-state index is 13.1. The van der Waals surface area contributed by atoms with Crippen LogP contribution in [-0.4, -0.2) is 57.4 Å². The summed E-state index contributed by atoms with van der Waals surface area (Å²) >= 11 is 0. The molecule has 1 atom stereocenters. The SMILES string of the molecule is O=C(c1n[nH]c2ccccc12)N1CCCC(Cc2nc(C3CCOCC3)no2)C1. The zero-order valence-corrected chi connectivity index (χ0v) is 16.3. The third-order valence-electron chi connectivity index (χ3n) is 6.01. The van der Waals surface area contributed by atoms with Gasteiger partial charge in [-0.25, -0.2) is 0 Å². The van der Waals surface area contributed by atoms with Gasteiger partial charge in [-0.1, -0.05) is 23.4 Å². The molecule has 2 aromatic heterocycles. The molecule has 5 rings (SSSR count). The lowest BCUT2D eigenvalue weighted by molar-refractivity contribution is 0.0664. The number of ether oxygens (including phenoxy) is 1. The Balaban J connectivity index is 1.25. The lowest BCUT2D eigenvalue weighted by Crippen LogP contribution is -2.40. The number of hydrogen-bond donors (Lipinski definition) is 1. The van der Waals surface area contributed by atoms with E-state index in [2.05, 4.69) is 20.3 Å². The summed E-state index contributed by atoms with van der Waals surface area (Å²) in [4.78, 5) is 19.6. The summed E-state index contributed by atoms with van der Waals surface area (Å²) in [5.74, 6) is 2.12. The van der Waals surface area contributed by atoms with Crippen LogP contribution in [0.25, 0.3) is 10.9 Å². The van der Waals surface area contributed by atoms with E-state index in [4.69, 9.17) is 9.26 Å². The molecule has 0 bridgehead atoms. The predicted molar refractivity (Wildman–Crippen MR) is 106 cm³/mol. The predicted octanol–water partition coefficient (Wildman–Crippen LogP) is 2.93. The average molecular weight is 395 g/mol. The molecule has 8 nitrogen and oxygen atoms in total. The maximum Gasteiger partial charge on any atom is 0.275 e. The quantitative estimate of drug-likeness (QED) is 0.729. The molecule has 0 saturated carbocycles. The van der Waals surface area contributed by atoms with E-state index < -0.39 is 0 Å². The van der Waals surface area contributed by atoms with Crippen LogP contribution in [0.15, 0.2) is 28.8 Å². The molecule has 152 valence electrons. The molecule has 1 N–H and O–H groups in total.